The van der Waals surface area contributed by atoms with Crippen molar-refractivity contribution in [3.8, 4) is 0 Å². The molecule has 0 atom stereocenters. The van der Waals surface area contributed by atoms with Crippen LogP contribution in [0.1, 0.15) is 20.3 Å². The Hall–Kier alpha value is -0.990. The van der Waals surface area contributed by atoms with Crippen LogP contribution in [0, 0.1) is 0 Å². The third kappa shape index (κ3) is 2.09. The van der Waals surface area contributed by atoms with E-state index in [1.807, 2.05) is 6.92 Å². The summed E-state index contributed by atoms with van der Waals surface area (Å²) in [6.45, 7) is 3.63. The predicted molar refractivity (Wildman–Crippen MR) is 41.2 cm³/mol. The number of hydrogen-bond acceptors (Lipinski definition) is 2. The Morgan fingerprint density at radius 1 is 1.60 bits per heavy atom. The predicted octanol–water partition coefficient (Wildman–Crippen LogP) is 0.375. The number of carbonyl (C=O) groups excluding carboxylic acids is 1. The fraction of sp³-hybridized carbons (Fsp3) is 0.571. The van der Waals surface area contributed by atoms with Crippen molar-refractivity contribution in [2.24, 2.45) is 5.73 Å². The molecule has 58 valence electrons. The van der Waals surface area contributed by atoms with Crippen molar-refractivity contribution in [2.45, 2.75) is 20.3 Å². The van der Waals surface area contributed by atoms with Crippen molar-refractivity contribution in [3.63, 3.8) is 0 Å². The Bertz CT molecular complexity index is 157. The summed E-state index contributed by atoms with van der Waals surface area (Å²) >= 11 is 0. The van der Waals surface area contributed by atoms with E-state index in [-0.39, 0.29) is 5.91 Å². The lowest BCUT2D eigenvalue weighted by Gasteiger charge is -2.03. The summed E-state index contributed by atoms with van der Waals surface area (Å²) in [6.07, 6.45) is 0.683. The molecule has 0 aromatic rings. The van der Waals surface area contributed by atoms with E-state index < -0.39 is 0 Å². The summed E-state index contributed by atoms with van der Waals surface area (Å²) in [6, 6.07) is 0. The lowest BCUT2D eigenvalue weighted by Crippen LogP contribution is -2.22. The molecule has 0 aromatic heterocycles. The fourth-order valence-corrected chi connectivity index (χ4v) is 0.769. The van der Waals surface area contributed by atoms with E-state index in [0.29, 0.717) is 17.7 Å². The Kier molecular flexibility index (Phi) is 3.54. The average molecular weight is 142 g/mol. The van der Waals surface area contributed by atoms with Gasteiger partial charge in [0.1, 0.15) is 0 Å². The number of nitrogens with two attached hydrogens (primary N) is 1. The minimum absolute atomic E-state index is 0.0810. The maximum Gasteiger partial charge on any atom is 0.248 e. The normalized spacial score (nSPS) is 12.3. The number of carbonyl (C=O) groups is 1. The van der Waals surface area contributed by atoms with E-state index in [2.05, 4.69) is 5.32 Å². The summed E-state index contributed by atoms with van der Waals surface area (Å²) in [5.74, 6) is -0.0810. The van der Waals surface area contributed by atoms with Crippen LogP contribution in [0.3, 0.4) is 0 Å². The van der Waals surface area contributed by atoms with Crippen molar-refractivity contribution in [2.75, 3.05) is 7.05 Å². The largest absolute Gasteiger partial charge is 0.402 e. The summed E-state index contributed by atoms with van der Waals surface area (Å²) in [5.41, 5.74) is 6.71. The van der Waals surface area contributed by atoms with E-state index in [1.54, 1.807) is 14.0 Å². The molecule has 0 radical (unpaired) electrons. The first-order valence-electron chi connectivity index (χ1n) is 3.30. The van der Waals surface area contributed by atoms with Gasteiger partial charge in [0, 0.05) is 18.3 Å². The summed E-state index contributed by atoms with van der Waals surface area (Å²) in [7, 11) is 1.60. The zero-order valence-corrected chi connectivity index (χ0v) is 6.69. The molecule has 1 amide bonds. The highest BCUT2D eigenvalue weighted by Gasteiger charge is 2.05. The lowest BCUT2D eigenvalue weighted by atomic mass is 10.1. The monoisotopic (exact) mass is 142 g/mol. The van der Waals surface area contributed by atoms with Crippen LogP contribution in [0.4, 0.5) is 0 Å². The number of allylic oxidation sites excluding steroid dienone is 1. The van der Waals surface area contributed by atoms with Gasteiger partial charge in [-0.15, -0.1) is 0 Å². The zero-order valence-electron chi connectivity index (χ0n) is 6.69. The van der Waals surface area contributed by atoms with Gasteiger partial charge in [0.15, 0.2) is 0 Å². The van der Waals surface area contributed by atoms with Crippen LogP contribution in [0.15, 0.2) is 11.3 Å². The Morgan fingerprint density at radius 2 is 2.10 bits per heavy atom. The summed E-state index contributed by atoms with van der Waals surface area (Å²) in [5, 5.41) is 2.52. The van der Waals surface area contributed by atoms with Gasteiger partial charge in [-0.25, -0.2) is 0 Å². The number of amides is 1. The maximum atomic E-state index is 10.9. The second kappa shape index (κ2) is 3.93. The smallest absolute Gasteiger partial charge is 0.248 e. The van der Waals surface area contributed by atoms with Crippen LogP contribution in [-0.2, 0) is 4.79 Å². The van der Waals surface area contributed by atoms with Crippen molar-refractivity contribution in [1.82, 2.24) is 5.32 Å². The average Bonchev–Trinajstić information content (AvgIpc) is 1.88. The maximum absolute atomic E-state index is 10.9. The second-order valence-corrected chi connectivity index (χ2v) is 2.09. The van der Waals surface area contributed by atoms with Gasteiger partial charge in [0.25, 0.3) is 0 Å². The van der Waals surface area contributed by atoms with Crippen molar-refractivity contribution >= 4 is 5.91 Å². The molecule has 3 N–H and O–H groups in total. The lowest BCUT2D eigenvalue weighted by molar-refractivity contribution is -0.117. The molecule has 0 saturated heterocycles. The Morgan fingerprint density at radius 3 is 2.20 bits per heavy atom. The van der Waals surface area contributed by atoms with Gasteiger partial charge in [-0.2, -0.15) is 0 Å². The molecule has 0 aromatic carbocycles. The van der Waals surface area contributed by atoms with Crippen molar-refractivity contribution in [3.05, 3.63) is 11.3 Å². The van der Waals surface area contributed by atoms with E-state index in [4.69, 9.17) is 5.73 Å². The molecule has 0 rings (SSSR count). The van der Waals surface area contributed by atoms with Crippen LogP contribution in [0.2, 0.25) is 0 Å². The van der Waals surface area contributed by atoms with Crippen LogP contribution in [0.25, 0.3) is 0 Å². The van der Waals surface area contributed by atoms with Gasteiger partial charge < -0.3 is 11.1 Å². The fourth-order valence-electron chi connectivity index (χ4n) is 0.769. The first-order chi connectivity index (χ1) is 4.63. The van der Waals surface area contributed by atoms with Gasteiger partial charge in [-0.3, -0.25) is 4.79 Å². The molecule has 0 spiro atoms. The molecular weight excluding hydrogens is 128 g/mol. The third-order valence-electron chi connectivity index (χ3n) is 1.33. The van der Waals surface area contributed by atoms with E-state index >= 15 is 0 Å². The minimum Gasteiger partial charge on any atom is -0.402 e. The molecule has 0 fully saturated rings. The molecule has 10 heavy (non-hydrogen) atoms. The standard InChI is InChI=1S/C7H14N2O/c1-4-6(5(2)8)7(10)9-3/h4,8H2,1-3H3,(H,9,10)/b6-5+. The third-order valence-corrected chi connectivity index (χ3v) is 1.33. The van der Waals surface area contributed by atoms with E-state index in [1.165, 1.54) is 0 Å². The molecule has 0 saturated carbocycles. The van der Waals surface area contributed by atoms with Crippen LogP contribution >= 0.6 is 0 Å². The topological polar surface area (TPSA) is 55.1 Å². The molecule has 0 heterocycles. The second-order valence-electron chi connectivity index (χ2n) is 2.09. The van der Waals surface area contributed by atoms with Gasteiger partial charge >= 0.3 is 0 Å². The number of rotatable bonds is 2. The highest BCUT2D eigenvalue weighted by atomic mass is 16.1. The Balaban J connectivity index is 4.37. The van der Waals surface area contributed by atoms with Gasteiger partial charge in [0.2, 0.25) is 5.91 Å². The molecule has 0 unspecified atom stereocenters. The number of hydrogen-bond donors (Lipinski definition) is 2. The van der Waals surface area contributed by atoms with Gasteiger partial charge in [0.05, 0.1) is 0 Å². The molecule has 3 heteroatoms. The molecule has 3 nitrogen and oxygen atoms in total. The highest BCUT2D eigenvalue weighted by molar-refractivity contribution is 5.93. The first kappa shape index (κ1) is 9.01. The quantitative estimate of drug-likeness (QED) is 0.547. The van der Waals surface area contributed by atoms with Crippen LogP contribution in [-0.4, -0.2) is 13.0 Å². The molecular formula is C7H14N2O. The summed E-state index contributed by atoms with van der Waals surface area (Å²) < 4.78 is 0. The van der Waals surface area contributed by atoms with E-state index in [0.717, 1.165) is 0 Å². The number of likely N-dealkylation sites (N-methyl/N-ethyl adjacent to an activating group) is 1. The molecule has 0 bridgehead atoms. The van der Waals surface area contributed by atoms with Gasteiger partial charge in [-0.05, 0) is 13.3 Å². The van der Waals surface area contributed by atoms with Gasteiger partial charge in [-0.1, -0.05) is 6.92 Å². The van der Waals surface area contributed by atoms with Crippen LogP contribution in [0.5, 0.6) is 0 Å². The minimum atomic E-state index is -0.0810. The number of nitrogens with one attached hydrogen (secondary N) is 1. The molecule has 0 aliphatic rings. The first-order valence-corrected chi connectivity index (χ1v) is 3.30. The SMILES string of the molecule is CC/C(C(=O)NC)=C(/C)N. The Labute approximate surface area is 61.3 Å². The van der Waals surface area contributed by atoms with E-state index in [9.17, 15) is 4.79 Å². The summed E-state index contributed by atoms with van der Waals surface area (Å²) in [4.78, 5) is 10.9. The molecule has 0 aliphatic carbocycles. The van der Waals surface area contributed by atoms with Crippen LogP contribution < -0.4 is 11.1 Å². The van der Waals surface area contributed by atoms with Crippen molar-refractivity contribution < 1.29 is 4.79 Å². The highest BCUT2D eigenvalue weighted by Crippen LogP contribution is 2.02. The zero-order chi connectivity index (χ0) is 8.15. The van der Waals surface area contributed by atoms with Crippen molar-refractivity contribution in [1.29, 1.82) is 0 Å². The molecule has 0 aliphatic heterocycles.